The maximum atomic E-state index is 12.2. The molecule has 21 heavy (non-hydrogen) atoms. The highest BCUT2D eigenvalue weighted by Crippen LogP contribution is 2.24. The van der Waals surface area contributed by atoms with Gasteiger partial charge in [0, 0.05) is 17.8 Å². The van der Waals surface area contributed by atoms with Gasteiger partial charge in [-0.1, -0.05) is 24.3 Å². The van der Waals surface area contributed by atoms with Gasteiger partial charge in [-0.05, 0) is 30.7 Å². The summed E-state index contributed by atoms with van der Waals surface area (Å²) in [5.74, 6) is -0.514. The fraction of sp³-hybridized carbons (Fsp3) is 0.133. The fourth-order valence-corrected chi connectivity index (χ4v) is 2.06. The Balaban J connectivity index is 2.32. The minimum Gasteiger partial charge on any atom is -0.326 e. The highest BCUT2D eigenvalue weighted by molar-refractivity contribution is 6.07. The van der Waals surface area contributed by atoms with E-state index in [1.165, 1.54) is 6.07 Å². The summed E-state index contributed by atoms with van der Waals surface area (Å²) in [6.07, 6.45) is 0. The number of hydrogen-bond acceptors (Lipinski definition) is 4. The van der Waals surface area contributed by atoms with Crippen molar-refractivity contribution in [1.29, 1.82) is 0 Å². The first-order valence-electron chi connectivity index (χ1n) is 6.37. The summed E-state index contributed by atoms with van der Waals surface area (Å²) in [6.45, 7) is 1.96. The fourth-order valence-electron chi connectivity index (χ4n) is 2.06. The van der Waals surface area contributed by atoms with Crippen LogP contribution in [0.5, 0.6) is 0 Å². The standard InChI is InChI=1S/C15H15N3O3/c1-10-4-2-7-13(14(10)18(20)21)15(19)17-12-6-3-5-11(8-12)9-16/h2-8H,9,16H2,1H3,(H,17,19). The van der Waals surface area contributed by atoms with Crippen molar-refractivity contribution in [1.82, 2.24) is 0 Å². The number of para-hydroxylation sites is 1. The molecule has 2 aromatic carbocycles. The number of carbonyl (C=O) groups excluding carboxylic acids is 1. The van der Waals surface area contributed by atoms with Gasteiger partial charge in [0.2, 0.25) is 0 Å². The van der Waals surface area contributed by atoms with E-state index in [2.05, 4.69) is 5.32 Å². The number of amides is 1. The zero-order valence-corrected chi connectivity index (χ0v) is 11.5. The van der Waals surface area contributed by atoms with Gasteiger partial charge in [0.1, 0.15) is 5.56 Å². The van der Waals surface area contributed by atoms with Crippen LogP contribution in [0.25, 0.3) is 0 Å². The van der Waals surface area contributed by atoms with E-state index in [9.17, 15) is 14.9 Å². The molecule has 0 aliphatic heterocycles. The van der Waals surface area contributed by atoms with Crippen molar-refractivity contribution in [3.8, 4) is 0 Å². The van der Waals surface area contributed by atoms with Crippen LogP contribution in [0.15, 0.2) is 42.5 Å². The Morgan fingerprint density at radius 1 is 1.29 bits per heavy atom. The van der Waals surface area contributed by atoms with Crippen LogP contribution >= 0.6 is 0 Å². The van der Waals surface area contributed by atoms with E-state index in [1.54, 1.807) is 37.3 Å². The van der Waals surface area contributed by atoms with Gasteiger partial charge in [0.05, 0.1) is 4.92 Å². The smallest absolute Gasteiger partial charge is 0.285 e. The molecule has 0 aromatic heterocycles. The van der Waals surface area contributed by atoms with Crippen LogP contribution in [-0.2, 0) is 6.54 Å². The summed E-state index contributed by atoms with van der Waals surface area (Å²) in [6, 6.07) is 11.7. The third-order valence-electron chi connectivity index (χ3n) is 3.09. The molecule has 108 valence electrons. The normalized spacial score (nSPS) is 10.2. The van der Waals surface area contributed by atoms with Crippen LogP contribution in [-0.4, -0.2) is 10.8 Å². The minimum absolute atomic E-state index is 0.0400. The summed E-state index contributed by atoms with van der Waals surface area (Å²) in [4.78, 5) is 22.8. The largest absolute Gasteiger partial charge is 0.326 e. The number of nitrogens with zero attached hydrogens (tertiary/aromatic N) is 1. The Bertz CT molecular complexity index is 698. The molecule has 0 unspecified atom stereocenters. The van der Waals surface area contributed by atoms with Crippen molar-refractivity contribution in [3.63, 3.8) is 0 Å². The second kappa shape index (κ2) is 6.15. The highest BCUT2D eigenvalue weighted by Gasteiger charge is 2.22. The van der Waals surface area contributed by atoms with E-state index in [0.29, 0.717) is 17.8 Å². The highest BCUT2D eigenvalue weighted by atomic mass is 16.6. The first kappa shape index (κ1) is 14.7. The minimum atomic E-state index is -0.541. The van der Waals surface area contributed by atoms with Gasteiger partial charge in [-0.15, -0.1) is 0 Å². The number of benzene rings is 2. The quantitative estimate of drug-likeness (QED) is 0.666. The van der Waals surface area contributed by atoms with Crippen LogP contribution in [0.4, 0.5) is 11.4 Å². The average molecular weight is 285 g/mol. The summed E-state index contributed by atoms with van der Waals surface area (Å²) < 4.78 is 0. The van der Waals surface area contributed by atoms with Crippen molar-refractivity contribution < 1.29 is 9.72 Å². The topological polar surface area (TPSA) is 98.3 Å². The van der Waals surface area contributed by atoms with Crippen LogP contribution in [0.1, 0.15) is 21.5 Å². The van der Waals surface area contributed by atoms with Gasteiger partial charge in [-0.3, -0.25) is 14.9 Å². The Hall–Kier alpha value is -2.73. The molecule has 2 aromatic rings. The lowest BCUT2D eigenvalue weighted by Gasteiger charge is -2.08. The predicted molar refractivity (Wildman–Crippen MR) is 80.1 cm³/mol. The van der Waals surface area contributed by atoms with E-state index in [0.717, 1.165) is 5.56 Å². The average Bonchev–Trinajstić information content (AvgIpc) is 2.46. The maximum Gasteiger partial charge on any atom is 0.285 e. The molecule has 0 heterocycles. The molecule has 2 rings (SSSR count). The Kier molecular flexibility index (Phi) is 4.30. The number of aryl methyl sites for hydroxylation is 1. The molecule has 6 heteroatoms. The van der Waals surface area contributed by atoms with Gasteiger partial charge in [-0.25, -0.2) is 0 Å². The van der Waals surface area contributed by atoms with Gasteiger partial charge >= 0.3 is 0 Å². The number of nitro groups is 1. The van der Waals surface area contributed by atoms with E-state index in [4.69, 9.17) is 5.73 Å². The monoisotopic (exact) mass is 285 g/mol. The molecule has 0 aliphatic carbocycles. The summed E-state index contributed by atoms with van der Waals surface area (Å²) in [5, 5.41) is 13.8. The lowest BCUT2D eigenvalue weighted by Crippen LogP contribution is -2.14. The molecular weight excluding hydrogens is 270 g/mol. The van der Waals surface area contributed by atoms with Gasteiger partial charge in [-0.2, -0.15) is 0 Å². The van der Waals surface area contributed by atoms with E-state index < -0.39 is 10.8 Å². The molecule has 0 radical (unpaired) electrons. The number of nitro benzene ring substituents is 1. The Morgan fingerprint density at radius 3 is 2.67 bits per heavy atom. The SMILES string of the molecule is Cc1cccc(C(=O)Nc2cccc(CN)c2)c1[N+](=O)[O-]. The Morgan fingerprint density at radius 2 is 2.00 bits per heavy atom. The molecule has 0 aliphatic rings. The first-order chi connectivity index (χ1) is 10.0. The summed E-state index contributed by atoms with van der Waals surface area (Å²) in [7, 11) is 0. The third kappa shape index (κ3) is 3.24. The molecular formula is C15H15N3O3. The van der Waals surface area contributed by atoms with E-state index in [-0.39, 0.29) is 11.3 Å². The van der Waals surface area contributed by atoms with Crippen molar-refractivity contribution in [2.75, 3.05) is 5.32 Å². The lowest BCUT2D eigenvalue weighted by atomic mass is 10.1. The van der Waals surface area contributed by atoms with Crippen molar-refractivity contribution in [2.24, 2.45) is 5.73 Å². The van der Waals surface area contributed by atoms with Gasteiger partial charge in [0.15, 0.2) is 0 Å². The number of hydrogen-bond donors (Lipinski definition) is 2. The zero-order chi connectivity index (χ0) is 15.4. The van der Waals surface area contributed by atoms with Crippen molar-refractivity contribution >= 4 is 17.3 Å². The van der Waals surface area contributed by atoms with Crippen LogP contribution in [0, 0.1) is 17.0 Å². The van der Waals surface area contributed by atoms with Crippen molar-refractivity contribution in [3.05, 3.63) is 69.3 Å². The zero-order valence-electron chi connectivity index (χ0n) is 11.5. The van der Waals surface area contributed by atoms with Crippen molar-refractivity contribution in [2.45, 2.75) is 13.5 Å². The van der Waals surface area contributed by atoms with Crippen LogP contribution in [0.2, 0.25) is 0 Å². The van der Waals surface area contributed by atoms with Gasteiger partial charge in [0.25, 0.3) is 11.6 Å². The number of rotatable bonds is 4. The molecule has 0 atom stereocenters. The first-order valence-corrected chi connectivity index (χ1v) is 6.37. The second-order valence-electron chi connectivity index (χ2n) is 4.59. The molecule has 0 saturated carbocycles. The van der Waals surface area contributed by atoms with Crippen LogP contribution < -0.4 is 11.1 Å². The summed E-state index contributed by atoms with van der Waals surface area (Å²) in [5.41, 5.74) is 7.28. The molecule has 0 saturated heterocycles. The Labute approximate surface area is 121 Å². The number of carbonyl (C=O) groups is 1. The van der Waals surface area contributed by atoms with E-state index in [1.807, 2.05) is 6.07 Å². The predicted octanol–water partition coefficient (Wildman–Crippen LogP) is 2.61. The molecule has 0 spiro atoms. The molecule has 6 nitrogen and oxygen atoms in total. The molecule has 1 amide bonds. The maximum absolute atomic E-state index is 12.2. The number of nitrogens with one attached hydrogen (secondary N) is 1. The van der Waals surface area contributed by atoms with Gasteiger partial charge < -0.3 is 11.1 Å². The number of nitrogens with two attached hydrogens (primary N) is 1. The molecule has 0 fully saturated rings. The molecule has 0 bridgehead atoms. The lowest BCUT2D eigenvalue weighted by molar-refractivity contribution is -0.385. The third-order valence-corrected chi connectivity index (χ3v) is 3.09. The molecule has 3 N–H and O–H groups in total. The van der Waals surface area contributed by atoms with Crippen LogP contribution in [0.3, 0.4) is 0 Å². The van der Waals surface area contributed by atoms with E-state index >= 15 is 0 Å². The second-order valence-corrected chi connectivity index (χ2v) is 4.59. The number of anilines is 1. The summed E-state index contributed by atoms with van der Waals surface area (Å²) >= 11 is 0.